The Balaban J connectivity index is 1.84. The average Bonchev–Trinajstić information content (AvgIpc) is 2.87. The number of nitrogens with one attached hydrogen (secondary N) is 1. The summed E-state index contributed by atoms with van der Waals surface area (Å²) in [5, 5.41) is 0.288. The van der Waals surface area contributed by atoms with Gasteiger partial charge in [0, 0.05) is 25.2 Å². The van der Waals surface area contributed by atoms with Gasteiger partial charge in [0.2, 0.25) is 10.0 Å². The Kier molecular flexibility index (Phi) is 5.08. The van der Waals surface area contributed by atoms with Gasteiger partial charge in [0.15, 0.2) is 0 Å². The number of ether oxygens (including phenoxy) is 1. The summed E-state index contributed by atoms with van der Waals surface area (Å²) in [6.07, 6.45) is 0. The van der Waals surface area contributed by atoms with Crippen molar-refractivity contribution in [2.45, 2.75) is 11.4 Å². The lowest BCUT2D eigenvalue weighted by Crippen LogP contribution is -2.31. The fourth-order valence-electron chi connectivity index (χ4n) is 2.81. The van der Waals surface area contributed by atoms with E-state index in [1.54, 1.807) is 13.1 Å². The van der Waals surface area contributed by atoms with Crippen LogP contribution in [0.4, 0.5) is 0 Å². The van der Waals surface area contributed by atoms with Crippen LogP contribution in [0.3, 0.4) is 0 Å². The van der Waals surface area contributed by atoms with Crippen LogP contribution in [-0.4, -0.2) is 31.2 Å². The molecule has 0 spiro atoms. The smallest absolute Gasteiger partial charge is 0.328 e. The molecule has 0 fully saturated rings. The second-order valence-electron chi connectivity index (χ2n) is 5.67. The Hall–Kier alpha value is -2.29. The van der Waals surface area contributed by atoms with Crippen LogP contribution in [0.5, 0.6) is 5.75 Å². The van der Waals surface area contributed by atoms with E-state index in [-0.39, 0.29) is 34.4 Å². The number of hydrogen-bond donors (Lipinski definition) is 1. The quantitative estimate of drug-likeness (QED) is 0.691. The number of para-hydroxylation sites is 2. The number of halogens is 1. The standard InChI is InChI=1S/C17H18ClN3O4S/c1-20-13-5-3-4-6-14(13)21(17(20)22)10-9-19-26(23,24)16-11-12(18)7-8-15(16)25-2/h3-8,11,19H,9-10H2,1-2H3. The highest BCUT2D eigenvalue weighted by Gasteiger charge is 2.20. The van der Waals surface area contributed by atoms with Crippen molar-refractivity contribution in [2.75, 3.05) is 13.7 Å². The van der Waals surface area contributed by atoms with Crippen LogP contribution < -0.4 is 15.1 Å². The average molecular weight is 396 g/mol. The van der Waals surface area contributed by atoms with Crippen molar-refractivity contribution in [3.8, 4) is 5.75 Å². The summed E-state index contributed by atoms with van der Waals surface area (Å²) in [6, 6.07) is 11.7. The predicted molar refractivity (Wildman–Crippen MR) is 100 cm³/mol. The highest BCUT2D eigenvalue weighted by atomic mass is 35.5. The highest BCUT2D eigenvalue weighted by Crippen LogP contribution is 2.26. The van der Waals surface area contributed by atoms with E-state index in [1.807, 2.05) is 24.3 Å². The SMILES string of the molecule is COc1ccc(Cl)cc1S(=O)(=O)NCCn1c(=O)n(C)c2ccccc21. The minimum Gasteiger partial charge on any atom is -0.495 e. The number of methoxy groups -OCH3 is 1. The highest BCUT2D eigenvalue weighted by molar-refractivity contribution is 7.89. The minimum absolute atomic E-state index is 0.0437. The summed E-state index contributed by atoms with van der Waals surface area (Å²) < 4.78 is 35.8. The van der Waals surface area contributed by atoms with Gasteiger partial charge in [-0.1, -0.05) is 23.7 Å². The molecule has 26 heavy (non-hydrogen) atoms. The van der Waals surface area contributed by atoms with Crippen molar-refractivity contribution < 1.29 is 13.2 Å². The summed E-state index contributed by atoms with van der Waals surface area (Å²) in [5.41, 5.74) is 1.34. The van der Waals surface area contributed by atoms with E-state index >= 15 is 0 Å². The molecular formula is C17H18ClN3O4S. The Labute approximate surface area is 155 Å². The van der Waals surface area contributed by atoms with Gasteiger partial charge in [-0.25, -0.2) is 17.9 Å². The Morgan fingerprint density at radius 3 is 2.54 bits per heavy atom. The van der Waals surface area contributed by atoms with Gasteiger partial charge in [0.05, 0.1) is 18.1 Å². The number of nitrogens with zero attached hydrogens (tertiary/aromatic N) is 2. The molecule has 0 saturated heterocycles. The van der Waals surface area contributed by atoms with Crippen LogP contribution in [-0.2, 0) is 23.6 Å². The van der Waals surface area contributed by atoms with E-state index in [2.05, 4.69) is 4.72 Å². The van der Waals surface area contributed by atoms with E-state index in [9.17, 15) is 13.2 Å². The summed E-state index contributed by atoms with van der Waals surface area (Å²) in [5.74, 6) is 0.198. The zero-order chi connectivity index (χ0) is 18.9. The molecule has 0 aliphatic heterocycles. The van der Waals surface area contributed by atoms with Gasteiger partial charge in [-0.3, -0.25) is 9.13 Å². The molecule has 1 N–H and O–H groups in total. The van der Waals surface area contributed by atoms with E-state index < -0.39 is 10.0 Å². The maximum atomic E-state index is 12.6. The van der Waals surface area contributed by atoms with Gasteiger partial charge in [-0.05, 0) is 30.3 Å². The topological polar surface area (TPSA) is 82.3 Å². The zero-order valence-corrected chi connectivity index (χ0v) is 15.8. The molecule has 7 nitrogen and oxygen atoms in total. The molecule has 0 aliphatic carbocycles. The fraction of sp³-hybridized carbons (Fsp3) is 0.235. The number of rotatable bonds is 6. The fourth-order valence-corrected chi connectivity index (χ4v) is 4.26. The van der Waals surface area contributed by atoms with E-state index in [0.717, 1.165) is 11.0 Å². The zero-order valence-electron chi connectivity index (χ0n) is 14.3. The van der Waals surface area contributed by atoms with Crippen LogP contribution in [0, 0.1) is 0 Å². The lowest BCUT2D eigenvalue weighted by atomic mass is 10.3. The van der Waals surface area contributed by atoms with Crippen molar-refractivity contribution >= 4 is 32.7 Å². The second-order valence-corrected chi connectivity index (χ2v) is 7.85. The van der Waals surface area contributed by atoms with Gasteiger partial charge >= 0.3 is 5.69 Å². The number of benzene rings is 2. The van der Waals surface area contributed by atoms with Crippen molar-refractivity contribution in [2.24, 2.45) is 7.05 Å². The number of hydrogen-bond acceptors (Lipinski definition) is 4. The van der Waals surface area contributed by atoms with Crippen LogP contribution >= 0.6 is 11.6 Å². The molecule has 0 saturated carbocycles. The summed E-state index contributed by atoms with van der Waals surface area (Å²) in [7, 11) is -0.767. The summed E-state index contributed by atoms with van der Waals surface area (Å²) in [4.78, 5) is 12.3. The number of fused-ring (bicyclic) bond motifs is 1. The first-order valence-corrected chi connectivity index (χ1v) is 9.68. The summed E-state index contributed by atoms with van der Waals surface area (Å²) >= 11 is 5.90. The van der Waals surface area contributed by atoms with Crippen LogP contribution in [0.1, 0.15) is 0 Å². The van der Waals surface area contributed by atoms with Crippen LogP contribution in [0.2, 0.25) is 5.02 Å². The third kappa shape index (κ3) is 3.35. The van der Waals surface area contributed by atoms with Crippen LogP contribution in [0.15, 0.2) is 52.2 Å². The van der Waals surface area contributed by atoms with Crippen LogP contribution in [0.25, 0.3) is 11.0 Å². The van der Waals surface area contributed by atoms with E-state index in [1.165, 1.54) is 28.4 Å². The monoisotopic (exact) mass is 395 g/mol. The molecule has 0 unspecified atom stereocenters. The lowest BCUT2D eigenvalue weighted by molar-refractivity contribution is 0.402. The predicted octanol–water partition coefficient (Wildman–Crippen LogP) is 1.98. The molecule has 0 atom stereocenters. The third-order valence-corrected chi connectivity index (χ3v) is 5.81. The van der Waals surface area contributed by atoms with Gasteiger partial charge in [0.1, 0.15) is 10.6 Å². The lowest BCUT2D eigenvalue weighted by Gasteiger charge is -2.11. The van der Waals surface area contributed by atoms with E-state index in [0.29, 0.717) is 0 Å². The Morgan fingerprint density at radius 2 is 1.85 bits per heavy atom. The number of aryl methyl sites for hydroxylation is 1. The van der Waals surface area contributed by atoms with Crippen molar-refractivity contribution in [3.63, 3.8) is 0 Å². The molecule has 0 amide bonds. The number of imidazole rings is 1. The number of aromatic nitrogens is 2. The van der Waals surface area contributed by atoms with Gasteiger partial charge in [-0.2, -0.15) is 0 Å². The van der Waals surface area contributed by atoms with Gasteiger partial charge in [0.25, 0.3) is 0 Å². The summed E-state index contributed by atoms with van der Waals surface area (Å²) in [6.45, 7) is 0.244. The molecule has 9 heteroatoms. The largest absolute Gasteiger partial charge is 0.495 e. The first-order valence-electron chi connectivity index (χ1n) is 7.82. The normalized spacial score (nSPS) is 11.8. The maximum absolute atomic E-state index is 12.6. The molecule has 3 aromatic rings. The molecule has 0 bridgehead atoms. The van der Waals surface area contributed by atoms with Crippen molar-refractivity contribution in [1.82, 2.24) is 13.9 Å². The maximum Gasteiger partial charge on any atom is 0.328 e. The molecule has 0 radical (unpaired) electrons. The Morgan fingerprint density at radius 1 is 1.15 bits per heavy atom. The van der Waals surface area contributed by atoms with Gasteiger partial charge in [-0.15, -0.1) is 0 Å². The molecular weight excluding hydrogens is 378 g/mol. The molecule has 2 aromatic carbocycles. The molecule has 1 aromatic heterocycles. The van der Waals surface area contributed by atoms with Gasteiger partial charge < -0.3 is 4.74 Å². The molecule has 138 valence electrons. The molecule has 0 aliphatic rings. The third-order valence-electron chi connectivity index (χ3n) is 4.09. The van der Waals surface area contributed by atoms with E-state index in [4.69, 9.17) is 16.3 Å². The molecule has 3 rings (SSSR count). The van der Waals surface area contributed by atoms with Crippen molar-refractivity contribution in [1.29, 1.82) is 0 Å². The van der Waals surface area contributed by atoms with Crippen molar-refractivity contribution in [3.05, 3.63) is 58.0 Å². The molecule has 1 heterocycles. The minimum atomic E-state index is -3.84. The second kappa shape index (κ2) is 7.14. The first-order chi connectivity index (χ1) is 12.3. The first kappa shape index (κ1) is 18.5. The Bertz CT molecular complexity index is 1120. The number of sulfonamides is 1.